The number of carbonyl (C=O) groups is 2. The lowest BCUT2D eigenvalue weighted by Gasteiger charge is -2.09. The fourth-order valence-corrected chi connectivity index (χ4v) is 4.46. The minimum Gasteiger partial charge on any atom is -0.365 e. The van der Waals surface area contributed by atoms with Crippen LogP contribution in [0.1, 0.15) is 56.5 Å². The van der Waals surface area contributed by atoms with Crippen molar-refractivity contribution in [2.75, 3.05) is 5.32 Å². The van der Waals surface area contributed by atoms with E-state index in [1.54, 1.807) is 12.3 Å². The summed E-state index contributed by atoms with van der Waals surface area (Å²) >= 11 is 0.896. The Balaban J connectivity index is 1.66. The van der Waals surface area contributed by atoms with Gasteiger partial charge in [0.15, 0.2) is 5.65 Å². The Bertz CT molecular complexity index is 1330. The van der Waals surface area contributed by atoms with Crippen molar-refractivity contribution in [2.24, 2.45) is 5.73 Å². The first-order valence-corrected chi connectivity index (χ1v) is 9.90. The largest absolute Gasteiger partial charge is 0.365 e. The molecule has 0 atom stereocenters. The van der Waals surface area contributed by atoms with Crippen LogP contribution in [0.5, 0.6) is 0 Å². The number of nitrogens with two attached hydrogens (primary N) is 1. The zero-order valence-corrected chi connectivity index (χ0v) is 16.1. The lowest BCUT2D eigenvalue weighted by molar-refractivity contribution is 0.100. The molecule has 5 rings (SSSR count). The second kappa shape index (κ2) is 6.80. The maximum absolute atomic E-state index is 13.3. The van der Waals surface area contributed by atoms with Crippen molar-refractivity contribution in [1.29, 1.82) is 0 Å². The Hall–Kier alpha value is -3.47. The lowest BCUT2D eigenvalue weighted by atomic mass is 10.0. The minimum atomic E-state index is -2.74. The van der Waals surface area contributed by atoms with Crippen molar-refractivity contribution >= 4 is 44.7 Å². The van der Waals surface area contributed by atoms with Crippen LogP contribution in [0.4, 0.5) is 14.5 Å². The van der Waals surface area contributed by atoms with Gasteiger partial charge in [-0.05, 0) is 36.5 Å². The summed E-state index contributed by atoms with van der Waals surface area (Å²) in [6, 6.07) is 3.03. The van der Waals surface area contributed by atoms with Crippen molar-refractivity contribution in [3.8, 4) is 0 Å². The Morgan fingerprint density at radius 1 is 1.33 bits per heavy atom. The molecular weight excluding hydrogens is 414 g/mol. The molecule has 1 fully saturated rings. The average molecular weight is 428 g/mol. The number of hydrogen-bond acceptors (Lipinski definition) is 6. The second-order valence-corrected chi connectivity index (χ2v) is 7.96. The Morgan fingerprint density at radius 3 is 2.83 bits per heavy atom. The van der Waals surface area contributed by atoms with Gasteiger partial charge >= 0.3 is 0 Å². The van der Waals surface area contributed by atoms with Gasteiger partial charge in [0.25, 0.3) is 18.2 Å². The van der Waals surface area contributed by atoms with Crippen molar-refractivity contribution in [1.82, 2.24) is 19.6 Å². The van der Waals surface area contributed by atoms with E-state index < -0.39 is 18.2 Å². The Kier molecular flexibility index (Phi) is 4.21. The van der Waals surface area contributed by atoms with Crippen LogP contribution in [0.25, 0.3) is 15.9 Å². The molecule has 4 heterocycles. The van der Waals surface area contributed by atoms with Gasteiger partial charge < -0.3 is 11.1 Å². The van der Waals surface area contributed by atoms with E-state index in [0.29, 0.717) is 16.6 Å². The maximum Gasteiger partial charge on any atom is 0.280 e. The highest BCUT2D eigenvalue weighted by atomic mass is 32.1. The number of amides is 2. The molecule has 0 bridgehead atoms. The van der Waals surface area contributed by atoms with Crippen molar-refractivity contribution in [3.63, 3.8) is 0 Å². The predicted octanol–water partition coefficient (Wildman–Crippen LogP) is 3.51. The summed E-state index contributed by atoms with van der Waals surface area (Å²) in [7, 11) is 0. The molecule has 2 amide bonds. The fraction of sp³-hybridized carbons (Fsp3) is 0.211. The molecule has 1 aliphatic rings. The fourth-order valence-electron chi connectivity index (χ4n) is 3.44. The first kappa shape index (κ1) is 18.6. The molecule has 0 aliphatic heterocycles. The molecule has 0 radical (unpaired) electrons. The molecule has 1 aliphatic carbocycles. The standard InChI is InChI=1S/C19H14F2N6O2S/c20-15(21)11-6-9(8-2-3-8)12-13(14(16(22)28)30-19(12)25-11)26-18(29)10-7-24-27-5-1-4-23-17(10)27/h1,4-8,15H,2-3H2,(H2,22,28)(H,26,29). The maximum atomic E-state index is 13.3. The zero-order chi connectivity index (χ0) is 21.0. The molecular formula is C19H14F2N6O2S. The number of nitrogens with one attached hydrogen (secondary N) is 1. The third kappa shape index (κ3) is 2.98. The van der Waals surface area contributed by atoms with E-state index in [4.69, 9.17) is 5.73 Å². The number of nitrogens with zero attached hydrogens (tertiary/aromatic N) is 4. The second-order valence-electron chi connectivity index (χ2n) is 6.96. The number of primary amides is 1. The molecule has 0 saturated heterocycles. The van der Waals surface area contributed by atoms with Gasteiger partial charge in [0.05, 0.1) is 11.9 Å². The van der Waals surface area contributed by atoms with Gasteiger partial charge in [0.2, 0.25) is 0 Å². The van der Waals surface area contributed by atoms with E-state index in [2.05, 4.69) is 20.4 Å². The Morgan fingerprint density at radius 2 is 2.13 bits per heavy atom. The normalized spacial score (nSPS) is 14.0. The number of thiophene rings is 1. The van der Waals surface area contributed by atoms with E-state index in [-0.39, 0.29) is 32.6 Å². The molecule has 1 saturated carbocycles. The van der Waals surface area contributed by atoms with Gasteiger partial charge in [0, 0.05) is 17.8 Å². The number of alkyl halides is 2. The summed E-state index contributed by atoms with van der Waals surface area (Å²) in [4.78, 5) is 33.5. The summed E-state index contributed by atoms with van der Waals surface area (Å²) in [6.07, 6.45) is 3.49. The van der Waals surface area contributed by atoms with Crippen LogP contribution in [0.3, 0.4) is 0 Å². The summed E-state index contributed by atoms with van der Waals surface area (Å²) in [5.41, 5.74) is 6.55. The van der Waals surface area contributed by atoms with Crippen LogP contribution >= 0.6 is 11.3 Å². The molecule has 152 valence electrons. The molecule has 0 spiro atoms. The molecule has 4 aromatic rings. The number of anilines is 1. The third-order valence-electron chi connectivity index (χ3n) is 4.94. The minimum absolute atomic E-state index is 0.0589. The van der Waals surface area contributed by atoms with Gasteiger partial charge in [-0.25, -0.2) is 23.3 Å². The number of carbonyl (C=O) groups excluding carboxylic acids is 2. The zero-order valence-electron chi connectivity index (χ0n) is 15.3. The average Bonchev–Trinajstić information content (AvgIpc) is 3.37. The van der Waals surface area contributed by atoms with Gasteiger partial charge in [-0.1, -0.05) is 0 Å². The summed E-state index contributed by atoms with van der Waals surface area (Å²) in [6.45, 7) is 0. The van der Waals surface area contributed by atoms with Gasteiger partial charge in [0.1, 0.15) is 21.0 Å². The SMILES string of the molecule is NC(=O)c1sc2nc(C(F)F)cc(C3CC3)c2c1NC(=O)c1cnn2cccnc12. The Labute approximate surface area is 171 Å². The van der Waals surface area contributed by atoms with E-state index >= 15 is 0 Å². The van der Waals surface area contributed by atoms with E-state index in [9.17, 15) is 18.4 Å². The highest BCUT2D eigenvalue weighted by molar-refractivity contribution is 7.21. The van der Waals surface area contributed by atoms with E-state index in [1.165, 1.54) is 23.0 Å². The molecule has 0 aromatic carbocycles. The molecule has 4 aromatic heterocycles. The summed E-state index contributed by atoms with van der Waals surface area (Å²) in [5.74, 6) is -1.23. The number of halogens is 2. The summed E-state index contributed by atoms with van der Waals surface area (Å²) < 4.78 is 28.1. The topological polar surface area (TPSA) is 115 Å². The van der Waals surface area contributed by atoms with E-state index in [1.807, 2.05) is 0 Å². The van der Waals surface area contributed by atoms with Gasteiger partial charge in [-0.3, -0.25) is 9.59 Å². The number of aromatic nitrogens is 4. The number of fused-ring (bicyclic) bond motifs is 2. The van der Waals surface area contributed by atoms with Crippen molar-refractivity contribution < 1.29 is 18.4 Å². The number of hydrogen-bond donors (Lipinski definition) is 2. The first-order chi connectivity index (χ1) is 14.4. The van der Waals surface area contributed by atoms with Crippen molar-refractivity contribution in [2.45, 2.75) is 25.2 Å². The molecule has 3 N–H and O–H groups in total. The lowest BCUT2D eigenvalue weighted by Crippen LogP contribution is -2.17. The van der Waals surface area contributed by atoms with Crippen LogP contribution in [0, 0.1) is 0 Å². The smallest absolute Gasteiger partial charge is 0.280 e. The third-order valence-corrected chi connectivity index (χ3v) is 6.04. The molecule has 11 heteroatoms. The van der Waals surface area contributed by atoms with E-state index in [0.717, 1.165) is 24.2 Å². The quantitative estimate of drug-likeness (QED) is 0.505. The predicted molar refractivity (Wildman–Crippen MR) is 106 cm³/mol. The highest BCUT2D eigenvalue weighted by Crippen LogP contribution is 2.48. The molecule has 30 heavy (non-hydrogen) atoms. The number of pyridine rings is 1. The molecule has 8 nitrogen and oxygen atoms in total. The first-order valence-electron chi connectivity index (χ1n) is 9.09. The van der Waals surface area contributed by atoms with Gasteiger partial charge in [-0.2, -0.15) is 5.10 Å². The molecule has 0 unspecified atom stereocenters. The van der Waals surface area contributed by atoms with Crippen molar-refractivity contribution in [3.05, 3.63) is 52.4 Å². The van der Waals surface area contributed by atoms with Crippen LogP contribution in [0.2, 0.25) is 0 Å². The van der Waals surface area contributed by atoms with Crippen LogP contribution in [-0.4, -0.2) is 31.4 Å². The van der Waals surface area contributed by atoms with Crippen LogP contribution in [0.15, 0.2) is 30.7 Å². The van der Waals surface area contributed by atoms with Gasteiger partial charge in [-0.15, -0.1) is 11.3 Å². The van der Waals surface area contributed by atoms with Crippen LogP contribution in [-0.2, 0) is 0 Å². The number of rotatable bonds is 5. The summed E-state index contributed by atoms with van der Waals surface area (Å²) in [5, 5.41) is 7.30. The highest BCUT2D eigenvalue weighted by Gasteiger charge is 2.32. The van der Waals surface area contributed by atoms with Crippen LogP contribution < -0.4 is 11.1 Å². The monoisotopic (exact) mass is 428 g/mol.